The molecule has 0 aromatic rings. The Bertz CT molecular complexity index is 313. The van der Waals surface area contributed by atoms with Crippen molar-refractivity contribution in [3.63, 3.8) is 0 Å². The molecule has 3 rings (SSSR count). The SMILES string of the molecule is O=C(O)C1(N2CCCNCC2)CC2CCC1C2. The second-order valence-corrected chi connectivity index (χ2v) is 5.90. The molecule has 1 saturated heterocycles. The minimum Gasteiger partial charge on any atom is -0.480 e. The molecule has 0 amide bonds. The van der Waals surface area contributed by atoms with E-state index in [1.807, 2.05) is 0 Å². The van der Waals surface area contributed by atoms with Gasteiger partial charge in [0.15, 0.2) is 0 Å². The van der Waals surface area contributed by atoms with Gasteiger partial charge < -0.3 is 10.4 Å². The molecular formula is C13H22N2O2. The minimum absolute atomic E-state index is 0.406. The number of aliphatic carboxylic acids is 1. The zero-order chi connectivity index (χ0) is 11.9. The molecule has 1 aliphatic heterocycles. The second-order valence-electron chi connectivity index (χ2n) is 5.90. The summed E-state index contributed by atoms with van der Waals surface area (Å²) in [6.45, 7) is 3.81. The zero-order valence-electron chi connectivity index (χ0n) is 10.3. The molecule has 4 nitrogen and oxygen atoms in total. The Morgan fingerprint density at radius 3 is 2.82 bits per heavy atom. The first kappa shape index (κ1) is 11.5. The molecule has 3 atom stereocenters. The molecule has 4 heteroatoms. The van der Waals surface area contributed by atoms with Gasteiger partial charge in [0.05, 0.1) is 0 Å². The Kier molecular flexibility index (Phi) is 2.87. The summed E-state index contributed by atoms with van der Waals surface area (Å²) in [5.74, 6) is 0.516. The largest absolute Gasteiger partial charge is 0.480 e. The Morgan fingerprint density at radius 1 is 1.29 bits per heavy atom. The summed E-state index contributed by atoms with van der Waals surface area (Å²) in [7, 11) is 0. The Labute approximate surface area is 102 Å². The van der Waals surface area contributed by atoms with Crippen molar-refractivity contribution in [2.24, 2.45) is 11.8 Å². The Morgan fingerprint density at radius 2 is 2.18 bits per heavy atom. The van der Waals surface area contributed by atoms with E-state index in [4.69, 9.17) is 0 Å². The molecular weight excluding hydrogens is 216 g/mol. The van der Waals surface area contributed by atoms with Crippen molar-refractivity contribution in [3.05, 3.63) is 0 Å². The monoisotopic (exact) mass is 238 g/mol. The average molecular weight is 238 g/mol. The van der Waals surface area contributed by atoms with Gasteiger partial charge in [0.25, 0.3) is 0 Å². The summed E-state index contributed by atoms with van der Waals surface area (Å²) in [6, 6.07) is 0. The van der Waals surface area contributed by atoms with Gasteiger partial charge in [-0.1, -0.05) is 6.42 Å². The number of nitrogens with zero attached hydrogens (tertiary/aromatic N) is 1. The van der Waals surface area contributed by atoms with Crippen LogP contribution in [-0.4, -0.2) is 47.7 Å². The molecule has 3 fully saturated rings. The van der Waals surface area contributed by atoms with E-state index in [1.54, 1.807) is 0 Å². The molecule has 0 radical (unpaired) electrons. The summed E-state index contributed by atoms with van der Waals surface area (Å²) in [5.41, 5.74) is -0.519. The highest BCUT2D eigenvalue weighted by molar-refractivity contribution is 5.80. The average Bonchev–Trinajstić information content (AvgIpc) is 2.81. The maximum Gasteiger partial charge on any atom is 0.324 e. The van der Waals surface area contributed by atoms with Crippen molar-refractivity contribution in [2.45, 2.75) is 37.6 Å². The van der Waals surface area contributed by atoms with Crippen LogP contribution in [0.2, 0.25) is 0 Å². The lowest BCUT2D eigenvalue weighted by atomic mass is 9.79. The fourth-order valence-electron chi connectivity index (χ4n) is 4.33. The Balaban J connectivity index is 1.86. The number of carboxylic acids is 1. The molecule has 0 aromatic carbocycles. The number of fused-ring (bicyclic) bond motifs is 2. The van der Waals surface area contributed by atoms with E-state index in [0.717, 1.165) is 51.9 Å². The highest BCUT2D eigenvalue weighted by atomic mass is 16.4. The smallest absolute Gasteiger partial charge is 0.324 e. The maximum absolute atomic E-state index is 11.9. The number of carbonyl (C=O) groups is 1. The third-order valence-electron chi connectivity index (χ3n) is 5.09. The van der Waals surface area contributed by atoms with Crippen molar-refractivity contribution in [1.29, 1.82) is 0 Å². The van der Waals surface area contributed by atoms with Crippen LogP contribution >= 0.6 is 0 Å². The van der Waals surface area contributed by atoms with Crippen molar-refractivity contribution in [1.82, 2.24) is 10.2 Å². The highest BCUT2D eigenvalue weighted by Crippen LogP contribution is 2.53. The first-order valence-corrected chi connectivity index (χ1v) is 6.92. The van der Waals surface area contributed by atoms with Crippen LogP contribution in [0.1, 0.15) is 32.1 Å². The van der Waals surface area contributed by atoms with E-state index in [0.29, 0.717) is 11.8 Å². The molecule has 1 heterocycles. The molecule has 2 bridgehead atoms. The Hall–Kier alpha value is -0.610. The lowest BCUT2D eigenvalue weighted by molar-refractivity contribution is -0.156. The van der Waals surface area contributed by atoms with E-state index < -0.39 is 11.5 Å². The number of rotatable bonds is 2. The molecule has 96 valence electrons. The van der Waals surface area contributed by atoms with Crippen molar-refractivity contribution < 1.29 is 9.90 Å². The number of carboxylic acid groups (broad SMARTS) is 1. The number of hydrogen-bond donors (Lipinski definition) is 2. The van der Waals surface area contributed by atoms with E-state index in [9.17, 15) is 9.90 Å². The molecule has 2 N–H and O–H groups in total. The zero-order valence-corrected chi connectivity index (χ0v) is 10.3. The summed E-state index contributed by atoms with van der Waals surface area (Å²) in [6.07, 6.45) is 5.50. The van der Waals surface area contributed by atoms with Gasteiger partial charge in [-0.15, -0.1) is 0 Å². The fourth-order valence-corrected chi connectivity index (χ4v) is 4.33. The van der Waals surface area contributed by atoms with Crippen LogP contribution in [-0.2, 0) is 4.79 Å². The lowest BCUT2D eigenvalue weighted by Gasteiger charge is -2.43. The highest BCUT2D eigenvalue weighted by Gasteiger charge is 2.58. The predicted octanol–water partition coefficient (Wildman–Crippen LogP) is 0.925. The maximum atomic E-state index is 11.9. The van der Waals surface area contributed by atoms with Crippen LogP contribution in [0.5, 0.6) is 0 Å². The van der Waals surface area contributed by atoms with Crippen LogP contribution in [0.15, 0.2) is 0 Å². The first-order valence-electron chi connectivity index (χ1n) is 6.92. The first-order chi connectivity index (χ1) is 8.23. The minimum atomic E-state index is -0.563. The van der Waals surface area contributed by atoms with Crippen molar-refractivity contribution >= 4 is 5.97 Å². The van der Waals surface area contributed by atoms with E-state index >= 15 is 0 Å². The lowest BCUT2D eigenvalue weighted by Crippen LogP contribution is -2.58. The molecule has 0 spiro atoms. The quantitative estimate of drug-likeness (QED) is 0.751. The third kappa shape index (κ3) is 1.69. The van der Waals surface area contributed by atoms with E-state index in [-0.39, 0.29) is 0 Å². The van der Waals surface area contributed by atoms with Crippen molar-refractivity contribution in [3.8, 4) is 0 Å². The van der Waals surface area contributed by atoms with Crippen LogP contribution in [0.25, 0.3) is 0 Å². The van der Waals surface area contributed by atoms with Gasteiger partial charge in [0, 0.05) is 19.6 Å². The van der Waals surface area contributed by atoms with Crippen LogP contribution in [0.4, 0.5) is 0 Å². The normalized spacial score (nSPS) is 42.6. The van der Waals surface area contributed by atoms with Crippen LogP contribution < -0.4 is 5.32 Å². The van der Waals surface area contributed by atoms with Gasteiger partial charge in [-0.25, -0.2) is 0 Å². The summed E-state index contributed by atoms with van der Waals surface area (Å²) < 4.78 is 0. The van der Waals surface area contributed by atoms with Crippen LogP contribution in [0.3, 0.4) is 0 Å². The third-order valence-corrected chi connectivity index (χ3v) is 5.09. The van der Waals surface area contributed by atoms with Crippen LogP contribution in [0, 0.1) is 11.8 Å². The topological polar surface area (TPSA) is 52.6 Å². The predicted molar refractivity (Wildman–Crippen MR) is 64.9 cm³/mol. The summed E-state index contributed by atoms with van der Waals surface area (Å²) in [5, 5.41) is 13.1. The summed E-state index contributed by atoms with van der Waals surface area (Å²) >= 11 is 0. The molecule has 0 aromatic heterocycles. The van der Waals surface area contributed by atoms with Gasteiger partial charge in [-0.2, -0.15) is 0 Å². The van der Waals surface area contributed by atoms with E-state index in [2.05, 4.69) is 10.2 Å². The fraction of sp³-hybridized carbons (Fsp3) is 0.923. The van der Waals surface area contributed by atoms with Gasteiger partial charge in [-0.3, -0.25) is 9.69 Å². The van der Waals surface area contributed by atoms with Gasteiger partial charge >= 0.3 is 5.97 Å². The molecule has 2 aliphatic carbocycles. The van der Waals surface area contributed by atoms with Gasteiger partial charge in [0.2, 0.25) is 0 Å². The number of nitrogens with one attached hydrogen (secondary N) is 1. The molecule has 2 saturated carbocycles. The second kappa shape index (κ2) is 4.25. The molecule has 3 unspecified atom stereocenters. The van der Waals surface area contributed by atoms with E-state index in [1.165, 1.54) is 6.42 Å². The summed E-state index contributed by atoms with van der Waals surface area (Å²) in [4.78, 5) is 14.1. The standard InChI is InChI=1S/C13H22N2O2/c16-12(17)13(9-10-2-3-11(13)8-10)15-6-1-4-14-5-7-15/h10-11,14H,1-9H2,(H,16,17). The van der Waals surface area contributed by atoms with Gasteiger partial charge in [0.1, 0.15) is 5.54 Å². The van der Waals surface area contributed by atoms with Gasteiger partial charge in [-0.05, 0) is 44.1 Å². The molecule has 3 aliphatic rings. The van der Waals surface area contributed by atoms with Crippen molar-refractivity contribution in [2.75, 3.05) is 26.2 Å². The number of hydrogen-bond acceptors (Lipinski definition) is 3. The molecule has 17 heavy (non-hydrogen) atoms.